The molecule has 4 fully saturated rings. The summed E-state index contributed by atoms with van der Waals surface area (Å²) in [6.45, 7) is 1.60. The molecule has 2 aliphatic heterocycles. The molecule has 56 heavy (non-hydrogen) atoms. The molecule has 0 bridgehead atoms. The average Bonchev–Trinajstić information content (AvgIpc) is 3.87. The lowest BCUT2D eigenvalue weighted by Crippen LogP contribution is -2.66. The Balaban J connectivity index is 0.843. The van der Waals surface area contributed by atoms with Crippen LogP contribution in [0.2, 0.25) is 0 Å². The van der Waals surface area contributed by atoms with Crippen molar-refractivity contribution >= 4 is 63.1 Å². The van der Waals surface area contributed by atoms with Crippen LogP contribution in [0.4, 0.5) is 17.5 Å². The zero-order valence-electron chi connectivity index (χ0n) is 32.0. The predicted octanol–water partition coefficient (Wildman–Crippen LogP) is 3.76. The van der Waals surface area contributed by atoms with Gasteiger partial charge in [-0.15, -0.1) is 0 Å². The minimum absolute atomic E-state index is 0.0635. The van der Waals surface area contributed by atoms with Gasteiger partial charge in [0.05, 0.1) is 22.3 Å². The average molecular weight is 760 g/mol. The molecule has 16 heteroatoms. The lowest BCUT2D eigenvalue weighted by Gasteiger charge is -2.61. The Bertz CT molecular complexity index is 2480. The summed E-state index contributed by atoms with van der Waals surface area (Å²) in [5.41, 5.74) is 3.99. The number of nitrogens with zero attached hydrogens (tertiary/aromatic N) is 9. The molecule has 2 N–H and O–H groups in total. The lowest BCUT2D eigenvalue weighted by atomic mass is 9.60. The van der Waals surface area contributed by atoms with Crippen LogP contribution in [-0.2, 0) is 16.6 Å². The first-order chi connectivity index (χ1) is 26.9. The molecule has 2 saturated heterocycles. The number of aryl methyl sites for hydroxylation is 1. The number of amides is 4. The van der Waals surface area contributed by atoms with E-state index in [9.17, 15) is 24.0 Å². The fourth-order valence-corrected chi connectivity index (χ4v) is 9.38. The van der Waals surface area contributed by atoms with Gasteiger partial charge in [-0.2, -0.15) is 4.98 Å². The molecule has 0 radical (unpaired) electrons. The second-order valence-corrected chi connectivity index (χ2v) is 16.2. The Labute approximate surface area is 322 Å². The van der Waals surface area contributed by atoms with E-state index in [-0.39, 0.29) is 53.8 Å². The maximum Gasteiger partial charge on any atom is 0.329 e. The number of benzene rings is 1. The van der Waals surface area contributed by atoms with Gasteiger partial charge in [-0.25, -0.2) is 14.8 Å². The molecule has 4 amide bonds. The molecule has 0 unspecified atom stereocenters. The van der Waals surface area contributed by atoms with E-state index < -0.39 is 11.9 Å². The van der Waals surface area contributed by atoms with Crippen LogP contribution in [0.1, 0.15) is 84.3 Å². The highest BCUT2D eigenvalue weighted by Gasteiger charge is 2.54. The number of fused-ring (bicyclic) bond motifs is 2. The molecule has 290 valence electrons. The number of nitrogens with one attached hydrogen (secondary N) is 2. The van der Waals surface area contributed by atoms with Crippen LogP contribution in [0.25, 0.3) is 22.1 Å². The highest BCUT2D eigenvalue weighted by molar-refractivity contribution is 6.01. The quantitative estimate of drug-likeness (QED) is 0.222. The predicted molar refractivity (Wildman–Crippen MR) is 209 cm³/mol. The highest BCUT2D eigenvalue weighted by Crippen LogP contribution is 2.52. The first-order valence-corrected chi connectivity index (χ1v) is 19.3. The summed E-state index contributed by atoms with van der Waals surface area (Å²) in [7, 11) is 7.07. The maximum absolute atomic E-state index is 13.6. The standard InChI is InChI=1S/C40H45N11O5/c1-46(2)37(55)30-16-24-20-42-38(45-34(24)50(30)25-8-5-6-9-25)43-31-14-12-23(19-41-31)36(54)47(3)26-17-40(18-26)21-49(22-40)27-10-7-11-28-33(27)48(4)39(56)51(28)29-13-15-32(52)44-35(29)53/h7,10-12,14,16,19-20,25-26,29H,5-6,8-9,13,15,17-18,21-22H2,1-4H3,(H,44,52,53)(H,41,42,43,45)/t29-/m1/s1. The van der Waals surface area contributed by atoms with E-state index in [0.717, 1.165) is 68.2 Å². The zero-order valence-corrected chi connectivity index (χ0v) is 32.0. The Morgan fingerprint density at radius 3 is 2.39 bits per heavy atom. The van der Waals surface area contributed by atoms with Gasteiger partial charge in [0.25, 0.3) is 11.8 Å². The maximum atomic E-state index is 13.6. The van der Waals surface area contributed by atoms with Gasteiger partial charge >= 0.3 is 5.69 Å². The third kappa shape index (κ3) is 5.80. The van der Waals surface area contributed by atoms with E-state index in [1.54, 1.807) is 55.1 Å². The number of anilines is 3. The summed E-state index contributed by atoms with van der Waals surface area (Å²) in [6.07, 6.45) is 9.76. The van der Waals surface area contributed by atoms with Crippen LogP contribution in [-0.4, -0.2) is 102 Å². The zero-order chi connectivity index (χ0) is 39.0. The molecule has 6 heterocycles. The number of piperidine rings is 1. The second kappa shape index (κ2) is 13.3. The SMILES string of the molecule is CN(C)C(=O)c1cc2cnc(Nc3ccc(C(=O)N(C)C4CC5(C4)CN(c4cccc6c4n(C)c(=O)n6[C@@H]4CCC(=O)NC4=O)C5)cn3)nc2n1C1CCCC1. The van der Waals surface area contributed by atoms with Crippen molar-refractivity contribution in [2.45, 2.75) is 69.5 Å². The molecule has 16 nitrogen and oxygen atoms in total. The minimum atomic E-state index is -0.732. The number of hydrogen-bond donors (Lipinski definition) is 2. The molecule has 2 aliphatic carbocycles. The number of pyridine rings is 1. The Morgan fingerprint density at radius 2 is 1.70 bits per heavy atom. The fraction of sp³-hybridized carbons (Fsp3) is 0.450. The van der Waals surface area contributed by atoms with Crippen molar-refractivity contribution in [3.63, 3.8) is 0 Å². The largest absolute Gasteiger partial charge is 0.369 e. The summed E-state index contributed by atoms with van der Waals surface area (Å²) in [6, 6.07) is 10.7. The first-order valence-electron chi connectivity index (χ1n) is 19.3. The van der Waals surface area contributed by atoms with Gasteiger partial charge in [0.15, 0.2) is 0 Å². The second-order valence-electron chi connectivity index (χ2n) is 16.2. The van der Waals surface area contributed by atoms with Gasteiger partial charge in [0, 0.05) is 83.0 Å². The monoisotopic (exact) mass is 759 g/mol. The van der Waals surface area contributed by atoms with Crippen LogP contribution in [0.15, 0.2) is 53.6 Å². The summed E-state index contributed by atoms with van der Waals surface area (Å²) >= 11 is 0. The number of imide groups is 1. The van der Waals surface area contributed by atoms with Crippen molar-refractivity contribution in [2.24, 2.45) is 12.5 Å². The number of carbonyl (C=O) groups excluding carboxylic acids is 4. The van der Waals surface area contributed by atoms with Crippen molar-refractivity contribution in [3.8, 4) is 0 Å². The van der Waals surface area contributed by atoms with Gasteiger partial charge in [-0.05, 0) is 62.4 Å². The van der Waals surface area contributed by atoms with Crippen LogP contribution >= 0.6 is 0 Å². The van der Waals surface area contributed by atoms with Crippen molar-refractivity contribution in [2.75, 3.05) is 44.4 Å². The van der Waals surface area contributed by atoms with Crippen LogP contribution in [0, 0.1) is 5.41 Å². The number of rotatable bonds is 8. The molecular weight excluding hydrogens is 715 g/mol. The van der Waals surface area contributed by atoms with E-state index in [1.165, 1.54) is 4.57 Å². The molecule has 9 rings (SSSR count). The lowest BCUT2D eigenvalue weighted by molar-refractivity contribution is -0.135. The molecule has 5 aromatic rings. The number of hydrogen-bond acceptors (Lipinski definition) is 10. The minimum Gasteiger partial charge on any atom is -0.369 e. The van der Waals surface area contributed by atoms with Crippen molar-refractivity contribution < 1.29 is 19.2 Å². The Morgan fingerprint density at radius 1 is 0.929 bits per heavy atom. The fourth-order valence-electron chi connectivity index (χ4n) is 9.38. The third-order valence-corrected chi connectivity index (χ3v) is 12.3. The van der Waals surface area contributed by atoms with Gasteiger partial charge < -0.3 is 24.6 Å². The van der Waals surface area contributed by atoms with Crippen molar-refractivity contribution in [1.29, 1.82) is 0 Å². The summed E-state index contributed by atoms with van der Waals surface area (Å²) in [5, 5.41) is 6.36. The summed E-state index contributed by atoms with van der Waals surface area (Å²) < 4.78 is 5.18. The Hall–Kier alpha value is -6.06. The molecule has 1 spiro atoms. The molecule has 1 aromatic carbocycles. The number of aromatic nitrogens is 6. The molecule has 4 aromatic heterocycles. The van der Waals surface area contributed by atoms with E-state index in [0.29, 0.717) is 34.2 Å². The van der Waals surface area contributed by atoms with Crippen LogP contribution in [0.3, 0.4) is 0 Å². The van der Waals surface area contributed by atoms with E-state index in [2.05, 4.69) is 30.1 Å². The van der Waals surface area contributed by atoms with Crippen LogP contribution < -0.4 is 21.2 Å². The van der Waals surface area contributed by atoms with Gasteiger partial charge in [-0.3, -0.25) is 33.6 Å². The number of para-hydroxylation sites is 1. The van der Waals surface area contributed by atoms with Crippen molar-refractivity contribution in [3.05, 3.63) is 70.5 Å². The number of imidazole rings is 1. The normalized spacial score (nSPS) is 19.6. The Kier molecular flexibility index (Phi) is 8.47. The third-order valence-electron chi connectivity index (χ3n) is 12.3. The molecule has 2 saturated carbocycles. The summed E-state index contributed by atoms with van der Waals surface area (Å²) in [4.78, 5) is 84.0. The number of carbonyl (C=O) groups is 4. The first kappa shape index (κ1) is 35.6. The van der Waals surface area contributed by atoms with Crippen molar-refractivity contribution in [1.82, 2.24) is 43.8 Å². The van der Waals surface area contributed by atoms with Gasteiger partial charge in [0.1, 0.15) is 23.2 Å². The van der Waals surface area contributed by atoms with Gasteiger partial charge in [0.2, 0.25) is 17.8 Å². The van der Waals surface area contributed by atoms with E-state index in [1.807, 2.05) is 36.2 Å². The molecular formula is C40H45N11O5. The smallest absolute Gasteiger partial charge is 0.329 e. The topological polar surface area (TPSA) is 173 Å². The highest BCUT2D eigenvalue weighted by atomic mass is 16.2. The van der Waals surface area contributed by atoms with E-state index >= 15 is 0 Å². The van der Waals surface area contributed by atoms with Crippen LogP contribution in [0.5, 0.6) is 0 Å². The summed E-state index contributed by atoms with van der Waals surface area (Å²) in [5.74, 6) is -0.0620. The molecule has 4 aliphatic rings. The van der Waals surface area contributed by atoms with Gasteiger partial charge in [-0.1, -0.05) is 18.9 Å². The molecule has 1 atom stereocenters. The van der Waals surface area contributed by atoms with E-state index in [4.69, 9.17) is 4.98 Å².